The summed E-state index contributed by atoms with van der Waals surface area (Å²) in [4.78, 5) is 11.4. The van der Waals surface area contributed by atoms with Crippen molar-refractivity contribution in [2.75, 3.05) is 12.4 Å². The molecule has 14 heavy (non-hydrogen) atoms. The van der Waals surface area contributed by atoms with Gasteiger partial charge in [-0.3, -0.25) is 0 Å². The first kappa shape index (κ1) is 11.2. The highest BCUT2D eigenvalue weighted by Crippen LogP contribution is 2.24. The Bertz CT molecular complexity index is 312. The highest BCUT2D eigenvalue weighted by Gasteiger charge is 2.37. The van der Waals surface area contributed by atoms with Gasteiger partial charge in [0.05, 0.1) is 7.11 Å². The van der Waals surface area contributed by atoms with E-state index in [1.807, 2.05) is 6.07 Å². The number of carbonyl (C=O) groups is 1. The molecule has 76 valence electrons. The van der Waals surface area contributed by atoms with Crippen LogP contribution in [0.1, 0.15) is 5.56 Å². The Balaban J connectivity index is 3.08. The zero-order valence-corrected chi connectivity index (χ0v) is 9.32. The van der Waals surface area contributed by atoms with Gasteiger partial charge in [-0.15, -0.1) is 0 Å². The average molecular weight is 259 g/mol. The van der Waals surface area contributed by atoms with Crippen LogP contribution in [-0.2, 0) is 15.1 Å². The number of carbonyl (C=O) groups excluding carboxylic acids is 1. The van der Waals surface area contributed by atoms with Crippen LogP contribution in [0, 0.1) is 0 Å². The smallest absolute Gasteiger partial charge is 0.343 e. The predicted octanol–water partition coefficient (Wildman–Crippen LogP) is 1.44. The molecule has 0 aromatic heterocycles. The maximum Gasteiger partial charge on any atom is 0.343 e. The Morgan fingerprint density at radius 1 is 1.50 bits per heavy atom. The summed E-state index contributed by atoms with van der Waals surface area (Å²) < 4.78 is 4.54. The van der Waals surface area contributed by atoms with Gasteiger partial charge in [-0.05, 0) is 5.56 Å². The molecule has 0 bridgehead atoms. The van der Waals surface area contributed by atoms with Crippen LogP contribution in [-0.4, -0.2) is 23.5 Å². The summed E-state index contributed by atoms with van der Waals surface area (Å²) in [6.07, 6.45) is 0. The van der Waals surface area contributed by atoms with Crippen molar-refractivity contribution in [2.24, 2.45) is 0 Å². The van der Waals surface area contributed by atoms with Crippen LogP contribution in [0.2, 0.25) is 0 Å². The zero-order valence-electron chi connectivity index (χ0n) is 7.74. The lowest BCUT2D eigenvalue weighted by molar-refractivity contribution is -0.160. The number of halogens is 1. The molecule has 0 amide bonds. The Hall–Kier alpha value is -0.870. The highest BCUT2D eigenvalue weighted by atomic mass is 79.9. The predicted molar refractivity (Wildman–Crippen MR) is 56.1 cm³/mol. The van der Waals surface area contributed by atoms with E-state index < -0.39 is 11.6 Å². The number of aliphatic hydroxyl groups is 1. The standard InChI is InChI=1S/C10H11BrO3/c1-14-9(12)10(13,7-11)8-5-3-2-4-6-8/h2-6,13H,7H2,1H3. The van der Waals surface area contributed by atoms with Crippen molar-refractivity contribution in [1.82, 2.24) is 0 Å². The third-order valence-electron chi connectivity index (χ3n) is 1.97. The first-order valence-corrected chi connectivity index (χ1v) is 5.19. The molecular weight excluding hydrogens is 248 g/mol. The molecule has 0 fully saturated rings. The third kappa shape index (κ3) is 1.96. The molecule has 1 atom stereocenters. The number of benzene rings is 1. The number of rotatable bonds is 3. The lowest BCUT2D eigenvalue weighted by atomic mass is 9.96. The van der Waals surface area contributed by atoms with Gasteiger partial charge in [0.15, 0.2) is 5.60 Å². The molecule has 4 heteroatoms. The second-order valence-corrected chi connectivity index (χ2v) is 3.41. The molecule has 1 rings (SSSR count). The Morgan fingerprint density at radius 2 is 2.07 bits per heavy atom. The van der Waals surface area contributed by atoms with Gasteiger partial charge in [0.1, 0.15) is 0 Å². The van der Waals surface area contributed by atoms with E-state index in [9.17, 15) is 9.90 Å². The van der Waals surface area contributed by atoms with Gasteiger partial charge in [-0.25, -0.2) is 4.79 Å². The second kappa shape index (κ2) is 4.57. The lowest BCUT2D eigenvalue weighted by Crippen LogP contribution is -2.38. The molecule has 0 saturated heterocycles. The van der Waals surface area contributed by atoms with E-state index in [0.717, 1.165) is 0 Å². The number of alkyl halides is 1. The zero-order chi connectivity index (χ0) is 10.6. The van der Waals surface area contributed by atoms with Crippen LogP contribution in [0.3, 0.4) is 0 Å². The number of ether oxygens (including phenoxy) is 1. The van der Waals surface area contributed by atoms with Crippen molar-refractivity contribution < 1.29 is 14.6 Å². The summed E-state index contributed by atoms with van der Waals surface area (Å²) in [5, 5.41) is 10.1. The largest absolute Gasteiger partial charge is 0.467 e. The van der Waals surface area contributed by atoms with Crippen molar-refractivity contribution in [3.63, 3.8) is 0 Å². The Kier molecular flexibility index (Phi) is 3.66. The summed E-state index contributed by atoms with van der Waals surface area (Å²) >= 11 is 3.10. The maximum atomic E-state index is 11.4. The summed E-state index contributed by atoms with van der Waals surface area (Å²) in [5.41, 5.74) is -1.08. The molecule has 0 aliphatic carbocycles. The molecule has 1 unspecified atom stereocenters. The van der Waals surface area contributed by atoms with Gasteiger partial charge in [0, 0.05) is 5.33 Å². The van der Waals surface area contributed by atoms with Crippen molar-refractivity contribution >= 4 is 21.9 Å². The Morgan fingerprint density at radius 3 is 2.50 bits per heavy atom. The Labute approximate surface area is 90.8 Å². The molecular formula is C10H11BrO3. The van der Waals surface area contributed by atoms with Gasteiger partial charge >= 0.3 is 5.97 Å². The monoisotopic (exact) mass is 258 g/mol. The van der Waals surface area contributed by atoms with Crippen LogP contribution in [0.5, 0.6) is 0 Å². The van der Waals surface area contributed by atoms with Gasteiger partial charge in [0.25, 0.3) is 0 Å². The van der Waals surface area contributed by atoms with E-state index in [1.165, 1.54) is 7.11 Å². The van der Waals surface area contributed by atoms with E-state index in [1.54, 1.807) is 24.3 Å². The molecule has 0 spiro atoms. The minimum Gasteiger partial charge on any atom is -0.467 e. The SMILES string of the molecule is COC(=O)C(O)(CBr)c1ccccc1. The lowest BCUT2D eigenvalue weighted by Gasteiger charge is -2.22. The van der Waals surface area contributed by atoms with E-state index in [0.29, 0.717) is 5.56 Å². The molecule has 3 nitrogen and oxygen atoms in total. The summed E-state index contributed by atoms with van der Waals surface area (Å²) in [7, 11) is 1.25. The van der Waals surface area contributed by atoms with Gasteiger partial charge in [-0.2, -0.15) is 0 Å². The molecule has 0 heterocycles. The molecule has 0 aliphatic heterocycles. The normalized spacial score (nSPS) is 14.5. The number of hydrogen-bond donors (Lipinski definition) is 1. The minimum atomic E-state index is -1.60. The van der Waals surface area contributed by atoms with Crippen molar-refractivity contribution in [1.29, 1.82) is 0 Å². The third-order valence-corrected chi connectivity index (χ3v) is 2.78. The topological polar surface area (TPSA) is 46.5 Å². The number of methoxy groups -OCH3 is 1. The van der Waals surface area contributed by atoms with Crippen LogP contribution in [0.25, 0.3) is 0 Å². The van der Waals surface area contributed by atoms with Gasteiger partial charge in [0.2, 0.25) is 0 Å². The van der Waals surface area contributed by atoms with Crippen LogP contribution >= 0.6 is 15.9 Å². The molecule has 0 aliphatic rings. The van der Waals surface area contributed by atoms with E-state index in [2.05, 4.69) is 20.7 Å². The fourth-order valence-electron chi connectivity index (χ4n) is 1.13. The van der Waals surface area contributed by atoms with Crippen molar-refractivity contribution in [2.45, 2.75) is 5.60 Å². The average Bonchev–Trinajstić information content (AvgIpc) is 2.28. The summed E-state index contributed by atoms with van der Waals surface area (Å²) in [5.74, 6) is -0.666. The molecule has 1 N–H and O–H groups in total. The minimum absolute atomic E-state index is 0.108. The van der Waals surface area contributed by atoms with Crippen LogP contribution in [0.4, 0.5) is 0 Å². The fourth-order valence-corrected chi connectivity index (χ4v) is 1.68. The summed E-state index contributed by atoms with van der Waals surface area (Å²) in [6, 6.07) is 8.68. The first-order chi connectivity index (χ1) is 6.65. The number of hydrogen-bond acceptors (Lipinski definition) is 3. The molecule has 1 aromatic carbocycles. The van der Waals surface area contributed by atoms with E-state index in [4.69, 9.17) is 0 Å². The van der Waals surface area contributed by atoms with Gasteiger partial charge in [-0.1, -0.05) is 46.3 Å². The molecule has 0 radical (unpaired) electrons. The second-order valence-electron chi connectivity index (χ2n) is 2.85. The maximum absolute atomic E-state index is 11.4. The van der Waals surface area contributed by atoms with Crippen molar-refractivity contribution in [3.8, 4) is 0 Å². The van der Waals surface area contributed by atoms with E-state index in [-0.39, 0.29) is 5.33 Å². The molecule has 1 aromatic rings. The van der Waals surface area contributed by atoms with Crippen molar-refractivity contribution in [3.05, 3.63) is 35.9 Å². The fraction of sp³-hybridized carbons (Fsp3) is 0.300. The number of esters is 1. The van der Waals surface area contributed by atoms with Gasteiger partial charge < -0.3 is 9.84 Å². The van der Waals surface area contributed by atoms with Crippen LogP contribution < -0.4 is 0 Å². The molecule has 0 saturated carbocycles. The highest BCUT2D eigenvalue weighted by molar-refractivity contribution is 9.09. The first-order valence-electron chi connectivity index (χ1n) is 4.07. The van der Waals surface area contributed by atoms with E-state index >= 15 is 0 Å². The van der Waals surface area contributed by atoms with Crippen LogP contribution in [0.15, 0.2) is 30.3 Å². The summed E-state index contributed by atoms with van der Waals surface area (Å²) in [6.45, 7) is 0. The quantitative estimate of drug-likeness (QED) is 0.660.